The van der Waals surface area contributed by atoms with Crippen LogP contribution in [0.4, 0.5) is 5.69 Å². The second-order valence-corrected chi connectivity index (χ2v) is 5.94. The van der Waals surface area contributed by atoms with Crippen LogP contribution in [0.5, 0.6) is 11.5 Å². The van der Waals surface area contributed by atoms with Gasteiger partial charge in [0.2, 0.25) is 12.7 Å². The first-order valence-corrected chi connectivity index (χ1v) is 7.58. The Morgan fingerprint density at radius 3 is 2.76 bits per heavy atom. The number of ether oxygens (including phenoxy) is 2. The van der Waals surface area contributed by atoms with E-state index in [9.17, 15) is 4.79 Å². The number of amides is 1. The van der Waals surface area contributed by atoms with Crippen LogP contribution in [0.1, 0.15) is 26.7 Å². The van der Waals surface area contributed by atoms with Crippen molar-refractivity contribution in [3.63, 3.8) is 0 Å². The van der Waals surface area contributed by atoms with Crippen molar-refractivity contribution in [2.75, 3.05) is 25.2 Å². The van der Waals surface area contributed by atoms with E-state index >= 15 is 0 Å². The number of nitrogens with zero attached hydrogens (tertiary/aromatic N) is 1. The fraction of sp³-hybridized carbons (Fsp3) is 0.562. The molecule has 1 saturated heterocycles. The Balaban J connectivity index is 1.60. The van der Waals surface area contributed by atoms with Crippen LogP contribution in [0.15, 0.2) is 18.2 Å². The van der Waals surface area contributed by atoms with Gasteiger partial charge in [-0.25, -0.2) is 0 Å². The van der Waals surface area contributed by atoms with E-state index in [2.05, 4.69) is 12.2 Å². The number of hydrogen-bond donors (Lipinski definition) is 1. The molecule has 3 rings (SSSR count). The van der Waals surface area contributed by atoms with Crippen LogP contribution in [0.3, 0.4) is 0 Å². The van der Waals surface area contributed by atoms with Crippen molar-refractivity contribution in [1.82, 2.24) is 4.90 Å². The average Bonchev–Trinajstić information content (AvgIpc) is 2.95. The van der Waals surface area contributed by atoms with Crippen LogP contribution in [-0.2, 0) is 4.79 Å². The van der Waals surface area contributed by atoms with Gasteiger partial charge in [-0.05, 0) is 37.8 Å². The second kappa shape index (κ2) is 5.84. The minimum atomic E-state index is -0.237. The van der Waals surface area contributed by atoms with E-state index in [1.807, 2.05) is 30.0 Å². The van der Waals surface area contributed by atoms with Crippen LogP contribution < -0.4 is 14.8 Å². The first-order chi connectivity index (χ1) is 10.1. The number of anilines is 1. The standard InChI is InChI=1S/C16H22N2O3/c1-11-5-7-18(8-6-11)16(19)12(2)17-13-3-4-14-15(9-13)21-10-20-14/h3-4,9,11-12,17H,5-8,10H2,1-2H3/t12-/m0/s1. The van der Waals surface area contributed by atoms with Crippen LogP contribution in [0, 0.1) is 5.92 Å². The summed E-state index contributed by atoms with van der Waals surface area (Å²) in [5, 5.41) is 3.25. The molecular weight excluding hydrogens is 268 g/mol. The van der Waals surface area contributed by atoms with E-state index in [1.165, 1.54) is 0 Å². The quantitative estimate of drug-likeness (QED) is 0.929. The maximum absolute atomic E-state index is 12.5. The highest BCUT2D eigenvalue weighted by atomic mass is 16.7. The molecule has 1 amide bonds. The average molecular weight is 290 g/mol. The van der Waals surface area contributed by atoms with Crippen LogP contribution in [-0.4, -0.2) is 36.7 Å². The lowest BCUT2D eigenvalue weighted by molar-refractivity contribution is -0.132. The number of benzene rings is 1. The van der Waals surface area contributed by atoms with Gasteiger partial charge in [-0.3, -0.25) is 4.79 Å². The van der Waals surface area contributed by atoms with Crippen molar-refractivity contribution in [3.8, 4) is 11.5 Å². The van der Waals surface area contributed by atoms with Crippen molar-refractivity contribution < 1.29 is 14.3 Å². The Hall–Kier alpha value is -1.91. The number of likely N-dealkylation sites (tertiary alicyclic amines) is 1. The molecule has 2 aliphatic rings. The monoisotopic (exact) mass is 290 g/mol. The molecule has 114 valence electrons. The summed E-state index contributed by atoms with van der Waals surface area (Å²) >= 11 is 0. The van der Waals surface area contributed by atoms with Crippen molar-refractivity contribution in [3.05, 3.63) is 18.2 Å². The third-order valence-corrected chi connectivity index (χ3v) is 4.22. The van der Waals surface area contributed by atoms with E-state index in [1.54, 1.807) is 0 Å². The smallest absolute Gasteiger partial charge is 0.244 e. The maximum atomic E-state index is 12.5. The molecule has 1 aromatic carbocycles. The summed E-state index contributed by atoms with van der Waals surface area (Å²) in [7, 11) is 0. The second-order valence-electron chi connectivity index (χ2n) is 5.94. The molecule has 1 atom stereocenters. The molecule has 1 N–H and O–H groups in total. The summed E-state index contributed by atoms with van der Waals surface area (Å²) in [4.78, 5) is 14.4. The van der Waals surface area contributed by atoms with E-state index < -0.39 is 0 Å². The van der Waals surface area contributed by atoms with E-state index in [4.69, 9.17) is 9.47 Å². The highest BCUT2D eigenvalue weighted by Gasteiger charge is 2.24. The predicted molar refractivity (Wildman–Crippen MR) is 80.6 cm³/mol. The zero-order chi connectivity index (χ0) is 14.8. The first-order valence-electron chi connectivity index (χ1n) is 7.58. The molecule has 0 spiro atoms. The lowest BCUT2D eigenvalue weighted by Crippen LogP contribution is -2.45. The molecule has 5 nitrogen and oxygen atoms in total. The minimum absolute atomic E-state index is 0.166. The molecule has 21 heavy (non-hydrogen) atoms. The summed E-state index contributed by atoms with van der Waals surface area (Å²) in [6.45, 7) is 6.15. The van der Waals surface area contributed by atoms with Gasteiger partial charge in [0.1, 0.15) is 6.04 Å². The summed E-state index contributed by atoms with van der Waals surface area (Å²) in [6, 6.07) is 5.42. The molecule has 2 aliphatic heterocycles. The van der Waals surface area contributed by atoms with E-state index in [-0.39, 0.29) is 18.7 Å². The Morgan fingerprint density at radius 2 is 2.00 bits per heavy atom. The van der Waals surface area contributed by atoms with Crippen LogP contribution in [0.2, 0.25) is 0 Å². The Morgan fingerprint density at radius 1 is 1.29 bits per heavy atom. The zero-order valence-electron chi connectivity index (χ0n) is 12.6. The topological polar surface area (TPSA) is 50.8 Å². The zero-order valence-corrected chi connectivity index (χ0v) is 12.6. The van der Waals surface area contributed by atoms with Gasteiger partial charge in [0, 0.05) is 24.8 Å². The molecule has 2 heterocycles. The number of piperidine rings is 1. The molecule has 5 heteroatoms. The number of hydrogen-bond acceptors (Lipinski definition) is 4. The van der Waals surface area contributed by atoms with Gasteiger partial charge in [0.15, 0.2) is 11.5 Å². The molecule has 0 saturated carbocycles. The number of carbonyl (C=O) groups is 1. The fourth-order valence-electron chi connectivity index (χ4n) is 2.80. The van der Waals surface area contributed by atoms with Gasteiger partial charge >= 0.3 is 0 Å². The number of carbonyl (C=O) groups excluding carboxylic acids is 1. The Kier molecular flexibility index (Phi) is 3.90. The minimum Gasteiger partial charge on any atom is -0.454 e. The number of fused-ring (bicyclic) bond motifs is 1. The molecule has 0 bridgehead atoms. The van der Waals surface area contributed by atoms with Crippen molar-refractivity contribution in [2.45, 2.75) is 32.7 Å². The van der Waals surface area contributed by atoms with Crippen LogP contribution >= 0.6 is 0 Å². The van der Waals surface area contributed by atoms with Gasteiger partial charge in [-0.1, -0.05) is 6.92 Å². The molecule has 0 unspecified atom stereocenters. The normalized spacial score (nSPS) is 19.4. The third-order valence-electron chi connectivity index (χ3n) is 4.22. The molecule has 1 aromatic rings. The number of nitrogens with one attached hydrogen (secondary N) is 1. The van der Waals surface area contributed by atoms with E-state index in [0.29, 0.717) is 0 Å². The molecule has 0 aromatic heterocycles. The van der Waals surface area contributed by atoms with Gasteiger partial charge in [0.25, 0.3) is 0 Å². The van der Waals surface area contributed by atoms with Gasteiger partial charge < -0.3 is 19.7 Å². The highest BCUT2D eigenvalue weighted by molar-refractivity contribution is 5.84. The van der Waals surface area contributed by atoms with Gasteiger partial charge in [-0.2, -0.15) is 0 Å². The van der Waals surface area contributed by atoms with Crippen molar-refractivity contribution >= 4 is 11.6 Å². The number of rotatable bonds is 3. The van der Waals surface area contributed by atoms with Crippen molar-refractivity contribution in [2.24, 2.45) is 5.92 Å². The highest BCUT2D eigenvalue weighted by Crippen LogP contribution is 2.34. The Bertz CT molecular complexity index is 524. The first kappa shape index (κ1) is 14.0. The summed E-state index contributed by atoms with van der Waals surface area (Å²) in [5.74, 6) is 2.38. The molecule has 0 radical (unpaired) electrons. The van der Waals surface area contributed by atoms with Gasteiger partial charge in [0.05, 0.1) is 0 Å². The van der Waals surface area contributed by atoms with Crippen LogP contribution in [0.25, 0.3) is 0 Å². The predicted octanol–water partition coefficient (Wildman–Crippen LogP) is 2.47. The summed E-state index contributed by atoms with van der Waals surface area (Å²) in [5.41, 5.74) is 0.880. The summed E-state index contributed by atoms with van der Waals surface area (Å²) in [6.07, 6.45) is 2.20. The molecular formula is C16H22N2O3. The maximum Gasteiger partial charge on any atom is 0.244 e. The lowest BCUT2D eigenvalue weighted by atomic mass is 9.99. The lowest BCUT2D eigenvalue weighted by Gasteiger charge is -2.32. The fourth-order valence-corrected chi connectivity index (χ4v) is 2.80. The van der Waals surface area contributed by atoms with Crippen molar-refractivity contribution in [1.29, 1.82) is 0 Å². The third kappa shape index (κ3) is 3.06. The summed E-state index contributed by atoms with van der Waals surface area (Å²) < 4.78 is 10.6. The molecule has 0 aliphatic carbocycles. The van der Waals surface area contributed by atoms with E-state index in [0.717, 1.165) is 49.0 Å². The Labute approximate surface area is 125 Å². The largest absolute Gasteiger partial charge is 0.454 e. The molecule has 1 fully saturated rings. The SMILES string of the molecule is CC1CCN(C(=O)[C@H](C)Nc2ccc3c(c2)OCO3)CC1. The van der Waals surface area contributed by atoms with Gasteiger partial charge in [-0.15, -0.1) is 0 Å².